The standard InChI is InChI=1S/C19H33NO/c1-13(12-19(4,5)6)11-17(20-7)16-10-9-14(2)15(3)18(16)21-8/h9-10,13,17,20H,11-12H2,1-8H3. The summed E-state index contributed by atoms with van der Waals surface area (Å²) in [6.45, 7) is 13.6. The summed E-state index contributed by atoms with van der Waals surface area (Å²) in [4.78, 5) is 0. The van der Waals surface area contributed by atoms with Gasteiger partial charge in [0.2, 0.25) is 0 Å². The van der Waals surface area contributed by atoms with Gasteiger partial charge < -0.3 is 10.1 Å². The SMILES string of the molecule is CNC(CC(C)CC(C)(C)C)c1ccc(C)c(C)c1OC. The lowest BCUT2D eigenvalue weighted by molar-refractivity contribution is 0.277. The number of rotatable bonds is 6. The maximum Gasteiger partial charge on any atom is 0.126 e. The lowest BCUT2D eigenvalue weighted by Gasteiger charge is -2.28. The molecule has 1 rings (SSSR count). The van der Waals surface area contributed by atoms with Gasteiger partial charge in [-0.25, -0.2) is 0 Å². The van der Waals surface area contributed by atoms with E-state index < -0.39 is 0 Å². The predicted octanol–water partition coefficient (Wildman–Crippen LogP) is 5.03. The van der Waals surface area contributed by atoms with Gasteiger partial charge in [-0.2, -0.15) is 0 Å². The number of hydrogen-bond acceptors (Lipinski definition) is 2. The van der Waals surface area contributed by atoms with Crippen molar-refractivity contribution in [2.45, 2.75) is 60.4 Å². The van der Waals surface area contributed by atoms with Crippen LogP contribution in [0.4, 0.5) is 0 Å². The number of methoxy groups -OCH3 is 1. The molecule has 0 aliphatic carbocycles. The molecule has 2 unspecified atom stereocenters. The molecule has 1 aromatic rings. The van der Waals surface area contributed by atoms with Gasteiger partial charge in [-0.1, -0.05) is 39.8 Å². The fourth-order valence-electron chi connectivity index (χ4n) is 3.29. The first-order valence-corrected chi connectivity index (χ1v) is 8.01. The molecule has 0 fully saturated rings. The summed E-state index contributed by atoms with van der Waals surface area (Å²) in [5.74, 6) is 1.71. The fourth-order valence-corrected chi connectivity index (χ4v) is 3.29. The quantitative estimate of drug-likeness (QED) is 0.793. The van der Waals surface area contributed by atoms with Crippen molar-refractivity contribution in [1.29, 1.82) is 0 Å². The maximum absolute atomic E-state index is 5.68. The molecule has 2 heteroatoms. The van der Waals surface area contributed by atoms with Crippen LogP contribution in [0.1, 0.15) is 63.3 Å². The second kappa shape index (κ2) is 7.31. The van der Waals surface area contributed by atoms with E-state index in [1.807, 2.05) is 7.05 Å². The van der Waals surface area contributed by atoms with Gasteiger partial charge in [0.05, 0.1) is 7.11 Å². The zero-order valence-corrected chi connectivity index (χ0v) is 15.1. The molecule has 21 heavy (non-hydrogen) atoms. The van der Waals surface area contributed by atoms with Crippen LogP contribution in [0, 0.1) is 25.2 Å². The summed E-state index contributed by atoms with van der Waals surface area (Å²) in [5, 5.41) is 3.48. The van der Waals surface area contributed by atoms with Crippen molar-refractivity contribution in [3.05, 3.63) is 28.8 Å². The molecule has 2 nitrogen and oxygen atoms in total. The highest BCUT2D eigenvalue weighted by atomic mass is 16.5. The summed E-state index contributed by atoms with van der Waals surface area (Å²) in [6, 6.07) is 4.76. The highest BCUT2D eigenvalue weighted by molar-refractivity contribution is 5.46. The lowest BCUT2D eigenvalue weighted by Crippen LogP contribution is -2.22. The molecule has 0 saturated heterocycles. The minimum Gasteiger partial charge on any atom is -0.496 e. The molecule has 0 aromatic heterocycles. The maximum atomic E-state index is 5.68. The van der Waals surface area contributed by atoms with Crippen molar-refractivity contribution >= 4 is 0 Å². The van der Waals surface area contributed by atoms with E-state index in [2.05, 4.69) is 59.0 Å². The number of ether oxygens (including phenoxy) is 1. The predicted molar refractivity (Wildman–Crippen MR) is 92.1 cm³/mol. The minimum absolute atomic E-state index is 0.344. The highest BCUT2D eigenvalue weighted by Gasteiger charge is 2.22. The topological polar surface area (TPSA) is 21.3 Å². The monoisotopic (exact) mass is 291 g/mol. The summed E-state index contributed by atoms with van der Waals surface area (Å²) in [6.07, 6.45) is 2.37. The molecule has 2 atom stereocenters. The minimum atomic E-state index is 0.344. The molecule has 0 saturated carbocycles. The first-order chi connectivity index (χ1) is 9.69. The third kappa shape index (κ3) is 5.03. The van der Waals surface area contributed by atoms with Crippen molar-refractivity contribution in [2.75, 3.05) is 14.2 Å². The van der Waals surface area contributed by atoms with Crippen molar-refractivity contribution in [2.24, 2.45) is 11.3 Å². The Balaban J connectivity index is 2.98. The van der Waals surface area contributed by atoms with Gasteiger partial charge in [-0.3, -0.25) is 0 Å². The molecule has 1 aromatic carbocycles. The largest absolute Gasteiger partial charge is 0.496 e. The third-order valence-electron chi connectivity index (χ3n) is 4.23. The molecule has 120 valence electrons. The Morgan fingerprint density at radius 3 is 2.29 bits per heavy atom. The van der Waals surface area contributed by atoms with Crippen LogP contribution < -0.4 is 10.1 Å². The van der Waals surface area contributed by atoms with Crippen molar-refractivity contribution in [1.82, 2.24) is 5.32 Å². The second-order valence-electron chi connectivity index (χ2n) is 7.58. The average molecular weight is 291 g/mol. The number of nitrogens with one attached hydrogen (secondary N) is 1. The van der Waals surface area contributed by atoms with E-state index in [1.54, 1.807) is 7.11 Å². The average Bonchev–Trinajstić information content (AvgIpc) is 2.37. The van der Waals surface area contributed by atoms with E-state index in [0.29, 0.717) is 17.4 Å². The third-order valence-corrected chi connectivity index (χ3v) is 4.23. The molecule has 0 heterocycles. The molecule has 0 aliphatic rings. The second-order valence-corrected chi connectivity index (χ2v) is 7.58. The summed E-state index contributed by atoms with van der Waals surface area (Å²) in [7, 11) is 3.82. The fraction of sp³-hybridized carbons (Fsp3) is 0.684. The Labute approximate surface area is 131 Å². The van der Waals surface area contributed by atoms with Gasteiger partial charge in [-0.05, 0) is 56.2 Å². The van der Waals surface area contributed by atoms with E-state index in [0.717, 1.165) is 12.2 Å². The Hall–Kier alpha value is -1.02. The van der Waals surface area contributed by atoms with Gasteiger partial charge in [-0.15, -0.1) is 0 Å². The Morgan fingerprint density at radius 2 is 1.81 bits per heavy atom. The molecule has 0 amide bonds. The van der Waals surface area contributed by atoms with E-state index in [1.165, 1.54) is 23.1 Å². The molecule has 0 spiro atoms. The Kier molecular flexibility index (Phi) is 6.27. The van der Waals surface area contributed by atoms with E-state index in [4.69, 9.17) is 4.74 Å². The van der Waals surface area contributed by atoms with Gasteiger partial charge in [0, 0.05) is 11.6 Å². The normalized spacial score (nSPS) is 14.9. The van der Waals surface area contributed by atoms with Crippen LogP contribution in [-0.4, -0.2) is 14.2 Å². The van der Waals surface area contributed by atoms with Gasteiger partial charge >= 0.3 is 0 Å². The smallest absolute Gasteiger partial charge is 0.126 e. The van der Waals surface area contributed by atoms with Crippen molar-refractivity contribution in [3.63, 3.8) is 0 Å². The Morgan fingerprint density at radius 1 is 1.19 bits per heavy atom. The van der Waals surface area contributed by atoms with Crippen LogP contribution in [0.5, 0.6) is 5.75 Å². The van der Waals surface area contributed by atoms with Gasteiger partial charge in [0.1, 0.15) is 5.75 Å². The summed E-state index contributed by atoms with van der Waals surface area (Å²) in [5.41, 5.74) is 4.20. The first-order valence-electron chi connectivity index (χ1n) is 8.01. The van der Waals surface area contributed by atoms with E-state index in [9.17, 15) is 0 Å². The van der Waals surface area contributed by atoms with Crippen molar-refractivity contribution in [3.8, 4) is 5.75 Å². The van der Waals surface area contributed by atoms with Gasteiger partial charge in [0.15, 0.2) is 0 Å². The van der Waals surface area contributed by atoms with E-state index >= 15 is 0 Å². The molecule has 0 bridgehead atoms. The number of aryl methyl sites for hydroxylation is 1. The van der Waals surface area contributed by atoms with Crippen LogP contribution in [0.25, 0.3) is 0 Å². The van der Waals surface area contributed by atoms with Crippen LogP contribution in [0.15, 0.2) is 12.1 Å². The summed E-state index contributed by atoms with van der Waals surface area (Å²) < 4.78 is 5.68. The van der Waals surface area contributed by atoms with Gasteiger partial charge in [0.25, 0.3) is 0 Å². The molecular weight excluding hydrogens is 258 g/mol. The first kappa shape index (κ1) is 18.0. The van der Waals surface area contributed by atoms with Crippen LogP contribution >= 0.6 is 0 Å². The van der Waals surface area contributed by atoms with Crippen molar-refractivity contribution < 1.29 is 4.74 Å². The van der Waals surface area contributed by atoms with Crippen LogP contribution in [0.3, 0.4) is 0 Å². The van der Waals surface area contributed by atoms with E-state index in [-0.39, 0.29) is 0 Å². The molecule has 0 aliphatic heterocycles. The highest BCUT2D eigenvalue weighted by Crippen LogP contribution is 2.36. The lowest BCUT2D eigenvalue weighted by atomic mass is 9.81. The zero-order valence-electron chi connectivity index (χ0n) is 15.1. The zero-order chi connectivity index (χ0) is 16.2. The number of benzene rings is 1. The molecule has 1 N–H and O–H groups in total. The molecule has 0 radical (unpaired) electrons. The molecular formula is C19H33NO. The van der Waals surface area contributed by atoms with Crippen LogP contribution in [-0.2, 0) is 0 Å². The Bertz CT molecular complexity index is 459. The number of hydrogen-bond donors (Lipinski definition) is 1. The summed E-state index contributed by atoms with van der Waals surface area (Å²) >= 11 is 0. The van der Waals surface area contributed by atoms with Crippen LogP contribution in [0.2, 0.25) is 0 Å².